The van der Waals surface area contributed by atoms with Gasteiger partial charge in [-0.15, -0.1) is 0 Å². The lowest BCUT2D eigenvalue weighted by molar-refractivity contribution is 0.100. The zero-order valence-corrected chi connectivity index (χ0v) is 13.6. The van der Waals surface area contributed by atoms with E-state index in [9.17, 15) is 0 Å². The van der Waals surface area contributed by atoms with E-state index in [0.717, 1.165) is 13.1 Å². The Morgan fingerprint density at radius 3 is 2.57 bits per heavy atom. The van der Waals surface area contributed by atoms with Crippen molar-refractivity contribution in [1.82, 2.24) is 4.90 Å². The number of hydrogen-bond acceptors (Lipinski definition) is 2. The number of nitrogens with two attached hydrogens (primary N) is 1. The largest absolute Gasteiger partial charge is 0.330 e. The summed E-state index contributed by atoms with van der Waals surface area (Å²) in [7, 11) is 0. The first kappa shape index (κ1) is 15.1. The molecule has 0 bridgehead atoms. The summed E-state index contributed by atoms with van der Waals surface area (Å²) in [6.07, 6.45) is 6.64. The normalized spacial score (nSPS) is 32.4. The van der Waals surface area contributed by atoms with Crippen LogP contribution in [-0.2, 0) is 0 Å². The maximum absolute atomic E-state index is 6.04. The van der Waals surface area contributed by atoms with Gasteiger partial charge in [0, 0.05) is 12.1 Å². The van der Waals surface area contributed by atoms with Gasteiger partial charge in [-0.1, -0.05) is 44.5 Å². The van der Waals surface area contributed by atoms with Crippen molar-refractivity contribution in [1.29, 1.82) is 0 Å². The van der Waals surface area contributed by atoms with E-state index < -0.39 is 0 Å². The van der Waals surface area contributed by atoms with E-state index in [4.69, 9.17) is 5.73 Å². The molecule has 0 aliphatic heterocycles. The second-order valence-electron chi connectivity index (χ2n) is 6.95. The summed E-state index contributed by atoms with van der Waals surface area (Å²) in [5, 5.41) is 0. The molecule has 116 valence electrons. The average molecular weight is 286 g/mol. The molecule has 1 aromatic carbocycles. The van der Waals surface area contributed by atoms with Crippen molar-refractivity contribution in [2.24, 2.45) is 11.7 Å². The molecule has 3 rings (SSSR count). The van der Waals surface area contributed by atoms with Crippen LogP contribution < -0.4 is 5.73 Å². The minimum absolute atomic E-state index is 0.611. The van der Waals surface area contributed by atoms with Crippen LogP contribution in [0.4, 0.5) is 0 Å². The Morgan fingerprint density at radius 1 is 1.10 bits per heavy atom. The molecule has 4 unspecified atom stereocenters. The molecule has 0 heterocycles. The van der Waals surface area contributed by atoms with E-state index in [-0.39, 0.29) is 0 Å². The predicted molar refractivity (Wildman–Crippen MR) is 89.4 cm³/mol. The van der Waals surface area contributed by atoms with Crippen LogP contribution in [0.3, 0.4) is 0 Å². The molecule has 0 aromatic heterocycles. The van der Waals surface area contributed by atoms with Gasteiger partial charge >= 0.3 is 0 Å². The van der Waals surface area contributed by atoms with E-state index >= 15 is 0 Å². The van der Waals surface area contributed by atoms with E-state index in [1.165, 1.54) is 32.1 Å². The second-order valence-corrected chi connectivity index (χ2v) is 6.95. The van der Waals surface area contributed by atoms with Gasteiger partial charge in [-0.25, -0.2) is 0 Å². The van der Waals surface area contributed by atoms with E-state index in [1.807, 2.05) is 0 Å². The predicted octanol–water partition coefficient (Wildman–Crippen LogP) is 4.07. The van der Waals surface area contributed by atoms with Crippen molar-refractivity contribution in [3.63, 3.8) is 0 Å². The van der Waals surface area contributed by atoms with E-state index in [0.29, 0.717) is 23.9 Å². The van der Waals surface area contributed by atoms with Gasteiger partial charge in [-0.2, -0.15) is 0 Å². The lowest BCUT2D eigenvalue weighted by Gasteiger charge is -2.42. The van der Waals surface area contributed by atoms with Gasteiger partial charge in [0.25, 0.3) is 0 Å². The highest BCUT2D eigenvalue weighted by Gasteiger charge is 2.36. The molecule has 2 nitrogen and oxygen atoms in total. The smallest absolute Gasteiger partial charge is 0.0354 e. The minimum atomic E-state index is 0.611. The Morgan fingerprint density at radius 2 is 1.86 bits per heavy atom. The number of benzene rings is 1. The van der Waals surface area contributed by atoms with Crippen LogP contribution in [0.2, 0.25) is 0 Å². The molecular weight excluding hydrogens is 256 g/mol. The summed E-state index contributed by atoms with van der Waals surface area (Å²) in [4.78, 5) is 2.77. The summed E-state index contributed by atoms with van der Waals surface area (Å²) in [5.74, 6) is 1.42. The standard InChI is InChI=1S/C19H30N2/c1-3-21(18-10-6-7-15(18)13-20)19-12-11-14(2)16-8-4-5-9-17(16)19/h4-5,8-9,14-15,18-19H,3,6-7,10-13,20H2,1-2H3. The van der Waals surface area contributed by atoms with Crippen molar-refractivity contribution in [2.45, 2.75) is 64.0 Å². The molecule has 2 aliphatic carbocycles. The highest BCUT2D eigenvalue weighted by Crippen LogP contribution is 2.43. The highest BCUT2D eigenvalue weighted by molar-refractivity contribution is 5.35. The molecule has 2 N–H and O–H groups in total. The SMILES string of the molecule is CCN(C1CCC(C)c2ccccc21)C1CCCC1CN. The quantitative estimate of drug-likeness (QED) is 0.904. The molecule has 2 heteroatoms. The molecule has 21 heavy (non-hydrogen) atoms. The summed E-state index contributed by atoms with van der Waals surface area (Å²) < 4.78 is 0. The van der Waals surface area contributed by atoms with Crippen LogP contribution in [-0.4, -0.2) is 24.0 Å². The molecule has 0 spiro atoms. The molecule has 1 fully saturated rings. The van der Waals surface area contributed by atoms with Crippen molar-refractivity contribution in [3.05, 3.63) is 35.4 Å². The van der Waals surface area contributed by atoms with Gasteiger partial charge in [0.2, 0.25) is 0 Å². The molecule has 0 saturated heterocycles. The third-order valence-corrected chi connectivity index (χ3v) is 5.87. The van der Waals surface area contributed by atoms with Gasteiger partial charge in [0.15, 0.2) is 0 Å². The maximum Gasteiger partial charge on any atom is 0.0354 e. The lowest BCUT2D eigenvalue weighted by atomic mass is 9.79. The minimum Gasteiger partial charge on any atom is -0.330 e. The van der Waals surface area contributed by atoms with Gasteiger partial charge in [0.1, 0.15) is 0 Å². The monoisotopic (exact) mass is 286 g/mol. The zero-order chi connectivity index (χ0) is 14.8. The van der Waals surface area contributed by atoms with E-state index in [2.05, 4.69) is 43.0 Å². The summed E-state index contributed by atoms with van der Waals surface area (Å²) in [6.45, 7) is 6.70. The fourth-order valence-electron chi connectivity index (χ4n) is 4.74. The first-order valence-electron chi connectivity index (χ1n) is 8.80. The molecule has 1 aromatic rings. The second kappa shape index (κ2) is 6.50. The highest BCUT2D eigenvalue weighted by atomic mass is 15.2. The Kier molecular flexibility index (Phi) is 4.66. The molecule has 4 atom stereocenters. The van der Waals surface area contributed by atoms with Crippen molar-refractivity contribution < 1.29 is 0 Å². The van der Waals surface area contributed by atoms with Crippen molar-refractivity contribution in [2.75, 3.05) is 13.1 Å². The van der Waals surface area contributed by atoms with Gasteiger partial charge < -0.3 is 5.73 Å². The number of hydrogen-bond donors (Lipinski definition) is 1. The summed E-state index contributed by atoms with van der Waals surface area (Å²) in [5.41, 5.74) is 9.20. The lowest BCUT2D eigenvalue weighted by Crippen LogP contribution is -2.43. The maximum atomic E-state index is 6.04. The van der Waals surface area contributed by atoms with Crippen LogP contribution in [0.1, 0.15) is 69.0 Å². The Hall–Kier alpha value is -0.860. The number of fused-ring (bicyclic) bond motifs is 1. The summed E-state index contributed by atoms with van der Waals surface area (Å²) >= 11 is 0. The average Bonchev–Trinajstić information content (AvgIpc) is 2.99. The van der Waals surface area contributed by atoms with Crippen LogP contribution in [0.15, 0.2) is 24.3 Å². The molecule has 2 aliphatic rings. The molecule has 1 saturated carbocycles. The Bertz CT molecular complexity index is 470. The fourth-order valence-corrected chi connectivity index (χ4v) is 4.74. The first-order chi connectivity index (χ1) is 10.3. The Labute approximate surface area is 129 Å². The fraction of sp³-hybridized carbons (Fsp3) is 0.684. The van der Waals surface area contributed by atoms with Crippen LogP contribution in [0, 0.1) is 5.92 Å². The zero-order valence-electron chi connectivity index (χ0n) is 13.6. The molecule has 0 radical (unpaired) electrons. The number of rotatable bonds is 4. The van der Waals surface area contributed by atoms with E-state index in [1.54, 1.807) is 11.1 Å². The summed E-state index contributed by atoms with van der Waals surface area (Å²) in [6, 6.07) is 10.4. The molecular formula is C19H30N2. The van der Waals surface area contributed by atoms with Crippen LogP contribution in [0.5, 0.6) is 0 Å². The first-order valence-corrected chi connectivity index (χ1v) is 8.80. The van der Waals surface area contributed by atoms with Gasteiger partial charge in [-0.05, 0) is 61.7 Å². The Balaban J connectivity index is 1.89. The third kappa shape index (κ3) is 2.76. The van der Waals surface area contributed by atoms with Crippen molar-refractivity contribution in [3.8, 4) is 0 Å². The topological polar surface area (TPSA) is 29.3 Å². The van der Waals surface area contributed by atoms with Crippen LogP contribution in [0.25, 0.3) is 0 Å². The van der Waals surface area contributed by atoms with Crippen molar-refractivity contribution >= 4 is 0 Å². The van der Waals surface area contributed by atoms with Crippen LogP contribution >= 0.6 is 0 Å². The van der Waals surface area contributed by atoms with Gasteiger partial charge in [0.05, 0.1) is 0 Å². The third-order valence-electron chi connectivity index (χ3n) is 5.87. The molecule has 0 amide bonds. The number of nitrogens with zero attached hydrogens (tertiary/aromatic N) is 1. The van der Waals surface area contributed by atoms with Gasteiger partial charge in [-0.3, -0.25) is 4.90 Å².